The van der Waals surface area contributed by atoms with Crippen LogP contribution in [-0.2, 0) is 0 Å². The molecule has 0 aromatic carbocycles. The van der Waals surface area contributed by atoms with Gasteiger partial charge in [0.15, 0.2) is 5.65 Å². The van der Waals surface area contributed by atoms with Crippen molar-refractivity contribution in [2.24, 2.45) is 0 Å². The van der Waals surface area contributed by atoms with Gasteiger partial charge in [-0.15, -0.1) is 0 Å². The van der Waals surface area contributed by atoms with Gasteiger partial charge in [0.2, 0.25) is 5.95 Å². The highest BCUT2D eigenvalue weighted by molar-refractivity contribution is 5.87. The van der Waals surface area contributed by atoms with Crippen molar-refractivity contribution < 1.29 is 0 Å². The van der Waals surface area contributed by atoms with E-state index in [2.05, 4.69) is 39.2 Å². The number of fused-ring (bicyclic) bond motifs is 1. The van der Waals surface area contributed by atoms with E-state index in [0.29, 0.717) is 12.0 Å². The molecule has 2 aromatic heterocycles. The number of anilines is 2. The van der Waals surface area contributed by atoms with Gasteiger partial charge in [0.1, 0.15) is 5.82 Å². The zero-order valence-corrected chi connectivity index (χ0v) is 12.2. The maximum atomic E-state index is 4.73. The molecule has 6 heteroatoms. The standard InChI is InChI=1S/C14H22N6/c1-3-7-15-14-17-12-11(9-16-19-12)13(18-14)20-8-5-6-10(20)4-2/h9-10H,3-8H2,1-2H3,(H2,15,16,17,18,19). The number of rotatable bonds is 5. The lowest BCUT2D eigenvalue weighted by atomic mass is 10.1. The van der Waals surface area contributed by atoms with E-state index in [0.717, 1.165) is 42.8 Å². The Morgan fingerprint density at radius 3 is 3.10 bits per heavy atom. The van der Waals surface area contributed by atoms with Crippen molar-refractivity contribution in [3.63, 3.8) is 0 Å². The highest BCUT2D eigenvalue weighted by atomic mass is 15.3. The summed E-state index contributed by atoms with van der Waals surface area (Å²) in [6, 6.07) is 0.585. The van der Waals surface area contributed by atoms with Gasteiger partial charge in [0.05, 0.1) is 11.6 Å². The van der Waals surface area contributed by atoms with Crippen LogP contribution in [0, 0.1) is 0 Å². The van der Waals surface area contributed by atoms with E-state index in [9.17, 15) is 0 Å². The molecule has 1 fully saturated rings. The Labute approximate surface area is 119 Å². The van der Waals surface area contributed by atoms with E-state index < -0.39 is 0 Å². The smallest absolute Gasteiger partial charge is 0.226 e. The molecular formula is C14H22N6. The number of aromatic amines is 1. The average molecular weight is 274 g/mol. The van der Waals surface area contributed by atoms with Gasteiger partial charge in [0, 0.05) is 19.1 Å². The number of nitrogens with zero attached hydrogens (tertiary/aromatic N) is 4. The second-order valence-electron chi connectivity index (χ2n) is 5.33. The van der Waals surface area contributed by atoms with Gasteiger partial charge in [0.25, 0.3) is 0 Å². The van der Waals surface area contributed by atoms with E-state index in [1.54, 1.807) is 0 Å². The Morgan fingerprint density at radius 1 is 1.40 bits per heavy atom. The summed E-state index contributed by atoms with van der Waals surface area (Å²) in [5.74, 6) is 1.71. The maximum absolute atomic E-state index is 4.73. The second kappa shape index (κ2) is 5.64. The van der Waals surface area contributed by atoms with Crippen LogP contribution < -0.4 is 10.2 Å². The van der Waals surface area contributed by atoms with Crippen LogP contribution in [0.25, 0.3) is 11.0 Å². The largest absolute Gasteiger partial charge is 0.354 e. The first-order valence-electron chi connectivity index (χ1n) is 7.55. The van der Waals surface area contributed by atoms with Crippen molar-refractivity contribution in [1.82, 2.24) is 20.2 Å². The predicted octanol–water partition coefficient (Wildman–Crippen LogP) is 2.55. The van der Waals surface area contributed by atoms with Gasteiger partial charge >= 0.3 is 0 Å². The molecule has 0 saturated carbocycles. The fourth-order valence-electron chi connectivity index (χ4n) is 2.89. The number of H-pyrrole nitrogens is 1. The van der Waals surface area contributed by atoms with Gasteiger partial charge in [-0.2, -0.15) is 15.1 Å². The van der Waals surface area contributed by atoms with Crippen LogP contribution in [0.15, 0.2) is 6.20 Å². The second-order valence-corrected chi connectivity index (χ2v) is 5.33. The summed E-state index contributed by atoms with van der Waals surface area (Å²) in [6.45, 7) is 6.34. The summed E-state index contributed by atoms with van der Waals surface area (Å²) >= 11 is 0. The molecule has 1 unspecified atom stereocenters. The van der Waals surface area contributed by atoms with Crippen LogP contribution in [0.2, 0.25) is 0 Å². The monoisotopic (exact) mass is 274 g/mol. The molecule has 0 radical (unpaired) electrons. The number of hydrogen-bond donors (Lipinski definition) is 2. The highest BCUT2D eigenvalue weighted by Crippen LogP contribution is 2.31. The zero-order valence-electron chi connectivity index (χ0n) is 12.2. The third kappa shape index (κ3) is 2.30. The Balaban J connectivity index is 2.01. The Bertz CT molecular complexity index is 578. The lowest BCUT2D eigenvalue weighted by molar-refractivity contribution is 0.642. The summed E-state index contributed by atoms with van der Waals surface area (Å²) in [4.78, 5) is 11.6. The quantitative estimate of drug-likeness (QED) is 0.877. The number of hydrogen-bond acceptors (Lipinski definition) is 5. The third-order valence-electron chi connectivity index (χ3n) is 3.94. The van der Waals surface area contributed by atoms with Crippen LogP contribution in [-0.4, -0.2) is 39.3 Å². The van der Waals surface area contributed by atoms with Gasteiger partial charge < -0.3 is 10.2 Å². The summed E-state index contributed by atoms with van der Waals surface area (Å²) in [6.07, 6.45) is 6.53. The summed E-state index contributed by atoms with van der Waals surface area (Å²) < 4.78 is 0. The minimum atomic E-state index is 0.585. The van der Waals surface area contributed by atoms with Gasteiger partial charge in [-0.05, 0) is 25.7 Å². The predicted molar refractivity (Wildman–Crippen MR) is 81.1 cm³/mol. The van der Waals surface area contributed by atoms with E-state index in [4.69, 9.17) is 4.98 Å². The normalized spacial score (nSPS) is 18.9. The van der Waals surface area contributed by atoms with Crippen molar-refractivity contribution >= 4 is 22.8 Å². The van der Waals surface area contributed by atoms with Crippen molar-refractivity contribution in [1.29, 1.82) is 0 Å². The molecule has 0 amide bonds. The summed E-state index contributed by atoms with van der Waals surface area (Å²) in [5.41, 5.74) is 0.815. The Kier molecular flexibility index (Phi) is 3.71. The molecule has 2 aromatic rings. The molecule has 3 rings (SSSR count). The number of nitrogens with one attached hydrogen (secondary N) is 2. The average Bonchev–Trinajstić information content (AvgIpc) is 3.12. The minimum Gasteiger partial charge on any atom is -0.354 e. The van der Waals surface area contributed by atoms with Crippen molar-refractivity contribution in [3.8, 4) is 0 Å². The SMILES string of the molecule is CCCNc1nc(N2CCCC2CC)c2cn[nH]c2n1. The molecule has 2 N–H and O–H groups in total. The van der Waals surface area contributed by atoms with Crippen LogP contribution >= 0.6 is 0 Å². The maximum Gasteiger partial charge on any atom is 0.226 e. The van der Waals surface area contributed by atoms with E-state index >= 15 is 0 Å². The molecule has 0 aliphatic carbocycles. The molecule has 1 aliphatic rings. The fourth-order valence-corrected chi connectivity index (χ4v) is 2.89. The van der Waals surface area contributed by atoms with E-state index in [1.165, 1.54) is 12.8 Å². The van der Waals surface area contributed by atoms with Crippen molar-refractivity contribution in [2.45, 2.75) is 45.6 Å². The lowest BCUT2D eigenvalue weighted by Gasteiger charge is -2.25. The molecular weight excluding hydrogens is 252 g/mol. The van der Waals surface area contributed by atoms with E-state index in [-0.39, 0.29) is 0 Å². The Hall–Kier alpha value is -1.85. The molecule has 1 atom stereocenters. The highest BCUT2D eigenvalue weighted by Gasteiger charge is 2.26. The molecule has 1 saturated heterocycles. The summed E-state index contributed by atoms with van der Waals surface area (Å²) in [5, 5.41) is 11.4. The van der Waals surface area contributed by atoms with Gasteiger partial charge in [-0.3, -0.25) is 5.10 Å². The molecule has 6 nitrogen and oxygen atoms in total. The first kappa shape index (κ1) is 13.1. The first-order valence-corrected chi connectivity index (χ1v) is 7.55. The van der Waals surface area contributed by atoms with Crippen LogP contribution in [0.5, 0.6) is 0 Å². The molecule has 0 spiro atoms. The van der Waals surface area contributed by atoms with Crippen molar-refractivity contribution in [2.75, 3.05) is 23.3 Å². The van der Waals surface area contributed by atoms with Crippen LogP contribution in [0.4, 0.5) is 11.8 Å². The zero-order chi connectivity index (χ0) is 13.9. The lowest BCUT2D eigenvalue weighted by Crippen LogP contribution is -2.29. The van der Waals surface area contributed by atoms with Crippen molar-refractivity contribution in [3.05, 3.63) is 6.20 Å². The van der Waals surface area contributed by atoms with Crippen LogP contribution in [0.1, 0.15) is 39.5 Å². The fraction of sp³-hybridized carbons (Fsp3) is 0.643. The summed E-state index contributed by atoms with van der Waals surface area (Å²) in [7, 11) is 0. The topological polar surface area (TPSA) is 69.7 Å². The molecule has 108 valence electrons. The minimum absolute atomic E-state index is 0.585. The number of aromatic nitrogens is 4. The van der Waals surface area contributed by atoms with Gasteiger partial charge in [-0.25, -0.2) is 0 Å². The molecule has 20 heavy (non-hydrogen) atoms. The van der Waals surface area contributed by atoms with E-state index in [1.807, 2.05) is 6.20 Å². The van der Waals surface area contributed by atoms with Crippen LogP contribution in [0.3, 0.4) is 0 Å². The molecule has 1 aliphatic heterocycles. The Morgan fingerprint density at radius 2 is 2.30 bits per heavy atom. The molecule has 0 bridgehead atoms. The molecule has 3 heterocycles. The first-order chi connectivity index (χ1) is 9.83. The van der Waals surface area contributed by atoms with Gasteiger partial charge in [-0.1, -0.05) is 13.8 Å². The third-order valence-corrected chi connectivity index (χ3v) is 3.94.